The molecule has 0 spiro atoms. The van der Waals surface area contributed by atoms with Crippen molar-refractivity contribution in [1.82, 2.24) is 4.98 Å². The first-order valence-electron chi connectivity index (χ1n) is 11.6. The van der Waals surface area contributed by atoms with Crippen LogP contribution in [0.4, 0.5) is 4.39 Å². The van der Waals surface area contributed by atoms with Crippen molar-refractivity contribution >= 4 is 11.6 Å². The molecule has 30 heavy (non-hydrogen) atoms. The van der Waals surface area contributed by atoms with E-state index >= 15 is 0 Å². The van der Waals surface area contributed by atoms with E-state index in [0.717, 1.165) is 41.3 Å². The van der Waals surface area contributed by atoms with E-state index in [-0.39, 0.29) is 5.02 Å². The zero-order valence-electron chi connectivity index (χ0n) is 17.8. The van der Waals surface area contributed by atoms with E-state index in [1.807, 2.05) is 18.3 Å². The molecule has 0 saturated heterocycles. The van der Waals surface area contributed by atoms with Gasteiger partial charge in [-0.2, -0.15) is 0 Å². The van der Waals surface area contributed by atoms with Crippen LogP contribution in [-0.2, 0) is 6.42 Å². The summed E-state index contributed by atoms with van der Waals surface area (Å²) >= 11 is 5.77. The third-order valence-corrected chi connectivity index (χ3v) is 7.90. The predicted octanol–water partition coefficient (Wildman–Crippen LogP) is 8.27. The molecule has 0 bridgehead atoms. The minimum atomic E-state index is -0.399. The Hall–Kier alpha value is -1.67. The topological polar surface area (TPSA) is 12.9 Å². The normalized spacial score (nSPS) is 27.0. The molecule has 0 N–H and O–H groups in total. The largest absolute Gasteiger partial charge is 0.256 e. The molecule has 0 unspecified atom stereocenters. The van der Waals surface area contributed by atoms with Crippen molar-refractivity contribution in [3.05, 3.63) is 65.6 Å². The molecular formula is C27H33ClFN. The van der Waals surface area contributed by atoms with Crippen LogP contribution in [0.5, 0.6) is 0 Å². The highest BCUT2D eigenvalue weighted by Gasteiger charge is 2.30. The van der Waals surface area contributed by atoms with Gasteiger partial charge in [-0.1, -0.05) is 42.7 Å². The summed E-state index contributed by atoms with van der Waals surface area (Å²) in [4.78, 5) is 4.55. The van der Waals surface area contributed by atoms with Gasteiger partial charge in [0.1, 0.15) is 5.82 Å². The third kappa shape index (κ3) is 5.32. The van der Waals surface area contributed by atoms with Crippen LogP contribution in [0, 0.1) is 29.5 Å². The second-order valence-corrected chi connectivity index (χ2v) is 9.82. The van der Waals surface area contributed by atoms with Gasteiger partial charge in [0.2, 0.25) is 0 Å². The van der Waals surface area contributed by atoms with Crippen molar-refractivity contribution in [2.75, 3.05) is 0 Å². The smallest absolute Gasteiger partial charge is 0.142 e. The van der Waals surface area contributed by atoms with E-state index in [1.54, 1.807) is 6.07 Å². The molecule has 2 saturated carbocycles. The Labute approximate surface area is 185 Å². The number of halogens is 2. The summed E-state index contributed by atoms with van der Waals surface area (Å²) in [6.45, 7) is 3.98. The van der Waals surface area contributed by atoms with E-state index in [2.05, 4.69) is 23.7 Å². The fourth-order valence-electron chi connectivity index (χ4n) is 5.57. The Balaban J connectivity index is 1.23. The molecule has 1 heterocycles. The van der Waals surface area contributed by atoms with Crippen LogP contribution in [0.3, 0.4) is 0 Å². The van der Waals surface area contributed by atoms with Gasteiger partial charge in [-0.3, -0.25) is 4.98 Å². The van der Waals surface area contributed by atoms with Gasteiger partial charge < -0.3 is 0 Å². The second-order valence-electron chi connectivity index (χ2n) is 9.41. The lowest BCUT2D eigenvalue weighted by Gasteiger charge is -2.37. The first-order valence-corrected chi connectivity index (χ1v) is 12.0. The van der Waals surface area contributed by atoms with Gasteiger partial charge in [0.15, 0.2) is 0 Å². The van der Waals surface area contributed by atoms with Crippen molar-refractivity contribution in [3.8, 4) is 11.3 Å². The molecule has 1 nitrogen and oxygen atoms in total. The van der Waals surface area contributed by atoms with E-state index in [9.17, 15) is 4.39 Å². The van der Waals surface area contributed by atoms with Gasteiger partial charge in [0.25, 0.3) is 0 Å². The van der Waals surface area contributed by atoms with Crippen LogP contribution in [0.25, 0.3) is 11.3 Å². The van der Waals surface area contributed by atoms with E-state index in [1.165, 1.54) is 69.4 Å². The number of benzene rings is 1. The first-order chi connectivity index (χ1) is 14.6. The molecule has 3 heteroatoms. The summed E-state index contributed by atoms with van der Waals surface area (Å²) in [6.07, 6.45) is 17.6. The molecule has 2 fully saturated rings. The van der Waals surface area contributed by atoms with Gasteiger partial charge in [-0.25, -0.2) is 4.39 Å². The average molecular weight is 426 g/mol. The summed E-state index contributed by atoms with van der Waals surface area (Å²) in [5.74, 6) is 3.17. The van der Waals surface area contributed by atoms with Crippen LogP contribution in [0.15, 0.2) is 49.2 Å². The Kier molecular flexibility index (Phi) is 7.25. The quantitative estimate of drug-likeness (QED) is 0.424. The third-order valence-electron chi connectivity index (χ3n) is 7.59. The number of pyridine rings is 1. The number of allylic oxidation sites excluding steroid dienone is 1. The summed E-state index contributed by atoms with van der Waals surface area (Å²) < 4.78 is 13.7. The lowest BCUT2D eigenvalue weighted by Crippen LogP contribution is -2.25. The minimum absolute atomic E-state index is 0.148. The highest BCUT2D eigenvalue weighted by molar-refractivity contribution is 6.30. The molecule has 4 rings (SSSR count). The highest BCUT2D eigenvalue weighted by Crippen LogP contribution is 2.42. The SMILES string of the molecule is C=C[C@H]1CC[C@H](C2CCC(CCc3ccc(-c4ccc(Cl)c(F)c4)nc3)CC2)CC1. The van der Waals surface area contributed by atoms with Crippen LogP contribution in [0.1, 0.15) is 63.4 Å². The van der Waals surface area contributed by atoms with Gasteiger partial charge >= 0.3 is 0 Å². The molecular weight excluding hydrogens is 393 g/mol. The number of rotatable bonds is 6. The van der Waals surface area contributed by atoms with Gasteiger partial charge in [-0.05, 0) is 98.8 Å². The van der Waals surface area contributed by atoms with Crippen molar-refractivity contribution in [3.63, 3.8) is 0 Å². The van der Waals surface area contributed by atoms with Crippen LogP contribution in [-0.4, -0.2) is 4.98 Å². The molecule has 0 radical (unpaired) electrons. The van der Waals surface area contributed by atoms with Crippen molar-refractivity contribution in [2.45, 2.75) is 64.2 Å². The molecule has 1 aromatic carbocycles. The maximum Gasteiger partial charge on any atom is 0.142 e. The van der Waals surface area contributed by atoms with E-state index < -0.39 is 5.82 Å². The Morgan fingerprint density at radius 2 is 1.67 bits per heavy atom. The van der Waals surface area contributed by atoms with Crippen LogP contribution in [0.2, 0.25) is 5.02 Å². The molecule has 2 aliphatic rings. The molecule has 2 aliphatic carbocycles. The highest BCUT2D eigenvalue weighted by atomic mass is 35.5. The molecule has 1 aromatic heterocycles. The van der Waals surface area contributed by atoms with E-state index in [4.69, 9.17) is 11.6 Å². The zero-order valence-corrected chi connectivity index (χ0v) is 18.6. The summed E-state index contributed by atoms with van der Waals surface area (Å²) in [5.41, 5.74) is 2.84. The summed E-state index contributed by atoms with van der Waals surface area (Å²) in [6, 6.07) is 8.98. The Morgan fingerprint density at radius 1 is 0.967 bits per heavy atom. The molecule has 2 aromatic rings. The predicted molar refractivity (Wildman–Crippen MR) is 124 cm³/mol. The van der Waals surface area contributed by atoms with Crippen LogP contribution >= 0.6 is 11.6 Å². The van der Waals surface area contributed by atoms with Gasteiger partial charge in [0.05, 0.1) is 10.7 Å². The fraction of sp³-hybridized carbons (Fsp3) is 0.519. The van der Waals surface area contributed by atoms with E-state index in [0.29, 0.717) is 0 Å². The summed E-state index contributed by atoms with van der Waals surface area (Å²) in [7, 11) is 0. The molecule has 0 atom stereocenters. The fourth-order valence-corrected chi connectivity index (χ4v) is 5.69. The Morgan fingerprint density at radius 3 is 2.27 bits per heavy atom. The number of hydrogen-bond acceptors (Lipinski definition) is 1. The second kappa shape index (κ2) is 10.1. The standard InChI is InChI=1S/C27H33ClFN/c1-2-19-5-10-22(11-6-19)23-12-7-20(8-13-23)3-4-21-9-16-27(30-18-21)24-14-15-25(28)26(29)17-24/h2,9,14-20,22-23H,1,3-8,10-13H2/t19-,20?,22-,23?. The molecule has 0 amide bonds. The number of hydrogen-bond donors (Lipinski definition) is 0. The maximum absolute atomic E-state index is 13.7. The maximum atomic E-state index is 13.7. The van der Waals surface area contributed by atoms with Gasteiger partial charge in [0, 0.05) is 11.8 Å². The average Bonchev–Trinajstić information content (AvgIpc) is 2.80. The minimum Gasteiger partial charge on any atom is -0.256 e. The van der Waals surface area contributed by atoms with Crippen molar-refractivity contribution < 1.29 is 4.39 Å². The van der Waals surface area contributed by atoms with Crippen LogP contribution < -0.4 is 0 Å². The lowest BCUT2D eigenvalue weighted by molar-refractivity contribution is 0.153. The zero-order chi connectivity index (χ0) is 20.9. The van der Waals surface area contributed by atoms with Gasteiger partial charge in [-0.15, -0.1) is 6.58 Å². The Bertz CT molecular complexity index is 830. The number of aryl methyl sites for hydroxylation is 1. The summed E-state index contributed by atoms with van der Waals surface area (Å²) in [5, 5.41) is 0.148. The van der Waals surface area contributed by atoms with Crippen molar-refractivity contribution in [1.29, 1.82) is 0 Å². The first kappa shape index (κ1) is 21.6. The molecule has 160 valence electrons. The lowest BCUT2D eigenvalue weighted by atomic mass is 9.68. The number of aromatic nitrogens is 1. The molecule has 0 aliphatic heterocycles. The monoisotopic (exact) mass is 425 g/mol. The number of nitrogens with zero attached hydrogens (tertiary/aromatic N) is 1. The van der Waals surface area contributed by atoms with Crippen molar-refractivity contribution in [2.24, 2.45) is 23.7 Å².